The minimum Gasteiger partial charge on any atom is -0.407 e. The van der Waals surface area contributed by atoms with Crippen molar-refractivity contribution in [3.8, 4) is 0 Å². The van der Waals surface area contributed by atoms with Crippen molar-refractivity contribution < 1.29 is 138 Å². The Labute approximate surface area is 854 Å². The number of aldehydes is 1. The summed E-state index contributed by atoms with van der Waals surface area (Å²) in [5.74, 6) is -4.59. The van der Waals surface area contributed by atoms with E-state index in [9.17, 15) is 125 Å². The van der Waals surface area contributed by atoms with E-state index in [4.69, 9.17) is 78.3 Å². The van der Waals surface area contributed by atoms with Crippen LogP contribution >= 0.6 is 74.7 Å². The van der Waals surface area contributed by atoms with Gasteiger partial charge in [0.25, 0.3) is 40.1 Å². The van der Waals surface area contributed by atoms with Crippen LogP contribution in [0.1, 0.15) is 104 Å². The maximum Gasteiger partial charge on any atom is 0.417 e. The first kappa shape index (κ1) is 114. The lowest BCUT2D eigenvalue weighted by atomic mass is 10.0. The number of nitrogens with zero attached hydrogens (tertiary/aromatic N) is 7. The van der Waals surface area contributed by atoms with Crippen LogP contribution in [0.15, 0.2) is 256 Å². The van der Waals surface area contributed by atoms with Gasteiger partial charge in [0.2, 0.25) is 11.6 Å². The number of aromatic amines is 4. The Balaban J connectivity index is 0.000000180. The highest BCUT2D eigenvalue weighted by Gasteiger charge is 2.42. The molecule has 147 heavy (non-hydrogen) atoms. The molecule has 0 aliphatic carbocycles. The van der Waals surface area contributed by atoms with E-state index < -0.39 is 179 Å². The Bertz CT molecular complexity index is 8530. The topological polar surface area (TPSA) is 493 Å². The van der Waals surface area contributed by atoms with E-state index in [1.165, 1.54) is 115 Å². The molecule has 8 aromatic carbocycles. The number of aliphatic hydroxyl groups is 1. The van der Waals surface area contributed by atoms with Crippen LogP contribution in [0.5, 0.6) is 0 Å². The second-order valence-electron chi connectivity index (χ2n) is 30.5. The molecular formula is C90H68BrCl5F12N12O23S4. The van der Waals surface area contributed by atoms with Crippen LogP contribution in [0, 0.1) is 27.7 Å². The number of oxazole rings is 4. The first-order valence-electron chi connectivity index (χ1n) is 40.6. The number of ketones is 2. The summed E-state index contributed by atoms with van der Waals surface area (Å²) >= 11 is 27.1. The monoisotopic (exact) mass is 2290 g/mol. The Hall–Kier alpha value is -13.6. The zero-order valence-electron chi connectivity index (χ0n) is 75.3. The number of ether oxygens (including phenoxy) is 3. The second-order valence-corrected chi connectivity index (χ2v) is 40.2. The van der Waals surface area contributed by atoms with Gasteiger partial charge in [-0.25, -0.2) is 80.7 Å². The number of carbonyl (C=O) groups excluding carboxylic acids is 3. The number of sulfonamides is 4. The van der Waals surface area contributed by atoms with Crippen molar-refractivity contribution in [3.63, 3.8) is 0 Å². The highest BCUT2D eigenvalue weighted by Crippen LogP contribution is 2.44. The molecule has 16 aromatic rings. The average molecular weight is 2300 g/mol. The smallest absolute Gasteiger partial charge is 0.407 e. The Morgan fingerprint density at radius 3 is 1.16 bits per heavy atom. The first-order chi connectivity index (χ1) is 68.3. The number of aliphatic hydroxyl groups excluding tert-OH is 1. The summed E-state index contributed by atoms with van der Waals surface area (Å²) < 4.78 is 305. The summed E-state index contributed by atoms with van der Waals surface area (Å²) in [6.07, 6.45) is -15.4. The van der Waals surface area contributed by atoms with Crippen LogP contribution < -0.4 is 40.7 Å². The molecular weight excluding hydrogens is 2230 g/mol. The van der Waals surface area contributed by atoms with Gasteiger partial charge in [0.1, 0.15) is 42.3 Å². The first-order valence-corrected chi connectivity index (χ1v) is 48.7. The van der Waals surface area contributed by atoms with Gasteiger partial charge in [0.15, 0.2) is 28.6 Å². The standard InChI is InChI=1S/C23H19ClF3N3O6S.C23H17ClF3N3O6S.C21H13ClF3N3O5S.C15H13BrClF3N2O3S.C8H5NO3.ClH/c2*1-12-6-7-14(9-16(12)23(25,26)27)37(33,34)30(11-35-2)18-8-13(24)10-28-19(18)20(31)15-4-3-5-17-21(15)36-22(32)29-17;1-10-5-6-12(8-14(10)21(23,24)25)34(31,32)28-16-7-11(22)9-26-17(16)18(29)13-3-2-4-15-19(13)33-20(30)27-15;1-9-3-4-11(6-12(9)15(18,19)20)26(23,24)22(8-25-2)13-5-10(17)7-21-14(13)16;10-4-5-2-1-3-6-7(5)12-8(11)9-6;/h3-10,20,31H,11H2,1-2H3,(H,29,32);3-10H,11H2,1-2H3,(H,29,32);2-9,28H,1H3,(H,27,30);3-7H,8H2,1-2H3;1-4H,(H,9,11);1H. The fraction of sp³-hybridized carbons (Fsp3) is 0.167. The molecule has 0 aliphatic heterocycles. The van der Waals surface area contributed by atoms with Crippen LogP contribution in [-0.4, -0.2) is 138 Å². The number of methoxy groups -OCH3 is 3. The van der Waals surface area contributed by atoms with Crippen molar-refractivity contribution in [2.24, 2.45) is 0 Å². The molecule has 0 aliphatic rings. The van der Waals surface area contributed by atoms with E-state index in [1.54, 1.807) is 18.2 Å². The summed E-state index contributed by atoms with van der Waals surface area (Å²) in [5, 5.41) is 11.2. The highest BCUT2D eigenvalue weighted by molar-refractivity contribution is 9.10. The van der Waals surface area contributed by atoms with E-state index in [2.05, 4.69) is 60.5 Å². The number of H-pyrrole nitrogens is 4. The number of pyridine rings is 4. The summed E-state index contributed by atoms with van der Waals surface area (Å²) in [6, 6.07) is 33.2. The highest BCUT2D eigenvalue weighted by atomic mass is 79.9. The van der Waals surface area contributed by atoms with E-state index in [0.717, 1.165) is 90.7 Å². The van der Waals surface area contributed by atoms with E-state index in [-0.39, 0.29) is 138 Å². The zero-order chi connectivity index (χ0) is 107. The van der Waals surface area contributed by atoms with Gasteiger partial charge in [-0.1, -0.05) is 101 Å². The molecule has 0 saturated carbocycles. The number of halogens is 18. The molecule has 57 heteroatoms. The third kappa shape index (κ3) is 25.6. The number of aromatic nitrogens is 8. The van der Waals surface area contributed by atoms with Crippen molar-refractivity contribution in [1.82, 2.24) is 39.9 Å². The van der Waals surface area contributed by atoms with Crippen molar-refractivity contribution in [2.75, 3.05) is 59.2 Å². The predicted octanol–water partition coefficient (Wildman–Crippen LogP) is 19.4. The molecule has 8 heterocycles. The second kappa shape index (κ2) is 45.4. The largest absolute Gasteiger partial charge is 0.417 e. The molecule has 1 atom stereocenters. The summed E-state index contributed by atoms with van der Waals surface area (Å²) in [4.78, 5) is 106. The minimum absolute atomic E-state index is 0. The molecule has 776 valence electrons. The average Bonchev–Trinajstić information content (AvgIpc) is 1.54. The normalized spacial score (nSPS) is 12.2. The molecule has 0 radical (unpaired) electrons. The number of carbonyl (C=O) groups is 3. The van der Waals surface area contributed by atoms with Gasteiger partial charge in [-0.2, -0.15) is 52.7 Å². The van der Waals surface area contributed by atoms with Gasteiger partial charge in [-0.05, 0) is 181 Å². The molecule has 1 unspecified atom stereocenters. The number of para-hydroxylation sites is 4. The Morgan fingerprint density at radius 2 is 0.748 bits per heavy atom. The number of fused-ring (bicyclic) bond motifs is 4. The third-order valence-electron chi connectivity index (χ3n) is 20.7. The molecule has 0 saturated heterocycles. The van der Waals surface area contributed by atoms with E-state index in [1.807, 2.05) is 0 Å². The van der Waals surface area contributed by atoms with Crippen LogP contribution in [0.2, 0.25) is 20.1 Å². The zero-order valence-corrected chi connectivity index (χ0v) is 84.0. The molecule has 0 fully saturated rings. The van der Waals surface area contributed by atoms with Crippen LogP contribution in [0.25, 0.3) is 44.4 Å². The molecule has 35 nitrogen and oxygen atoms in total. The van der Waals surface area contributed by atoms with Crippen LogP contribution in [0.3, 0.4) is 0 Å². The lowest BCUT2D eigenvalue weighted by Gasteiger charge is -2.27. The van der Waals surface area contributed by atoms with Gasteiger partial charge in [-0.3, -0.25) is 44.0 Å². The maximum absolute atomic E-state index is 13.6. The fourth-order valence-corrected chi connectivity index (χ4v) is 20.4. The Kier molecular flexibility index (Phi) is 35.1. The van der Waals surface area contributed by atoms with Crippen molar-refractivity contribution in [1.29, 1.82) is 0 Å². The summed E-state index contributed by atoms with van der Waals surface area (Å²) in [7, 11) is -14.8. The van der Waals surface area contributed by atoms with Crippen molar-refractivity contribution in [2.45, 2.75) is 78.1 Å². The number of hydrogen-bond acceptors (Lipinski definition) is 27. The molecule has 16 rings (SSSR count). The van der Waals surface area contributed by atoms with Gasteiger partial charge in [0, 0.05) is 51.7 Å². The van der Waals surface area contributed by atoms with Gasteiger partial charge >= 0.3 is 47.7 Å². The molecule has 8 aromatic heterocycles. The fourth-order valence-electron chi connectivity index (χ4n) is 14.0. The number of aryl methyl sites for hydroxylation is 4. The van der Waals surface area contributed by atoms with Crippen LogP contribution in [-0.2, 0) is 79.0 Å². The lowest BCUT2D eigenvalue weighted by Crippen LogP contribution is -2.34. The number of anilines is 4. The maximum atomic E-state index is 13.6. The Morgan fingerprint density at radius 1 is 0.429 bits per heavy atom. The lowest BCUT2D eigenvalue weighted by molar-refractivity contribution is -0.139. The number of rotatable bonds is 25. The molecule has 0 spiro atoms. The molecule has 6 N–H and O–H groups in total. The third-order valence-corrected chi connectivity index (χ3v) is 28.7. The van der Waals surface area contributed by atoms with E-state index >= 15 is 0 Å². The van der Waals surface area contributed by atoms with Gasteiger partial charge in [-0.15, -0.1) is 12.4 Å². The quantitative estimate of drug-likeness (QED) is 0.0102. The number of hydrogen-bond donors (Lipinski definition) is 6. The number of alkyl halides is 12. The van der Waals surface area contributed by atoms with Gasteiger partial charge < -0.3 is 37.0 Å². The van der Waals surface area contributed by atoms with E-state index in [0.29, 0.717) is 55.8 Å². The number of benzene rings is 8. The van der Waals surface area contributed by atoms with Crippen LogP contribution in [0.4, 0.5) is 75.4 Å². The minimum atomic E-state index is -4.81. The van der Waals surface area contributed by atoms with Gasteiger partial charge in [0.05, 0.1) is 129 Å². The summed E-state index contributed by atoms with van der Waals surface area (Å²) in [6.45, 7) is 3.07. The van der Waals surface area contributed by atoms with Crippen molar-refractivity contribution >= 4 is 200 Å². The number of nitrogens with one attached hydrogen (secondary N) is 5. The SMILES string of the molecule is COCN(c1cc(Cl)cnc1Br)S(=O)(=O)c1ccc(C)c(C(F)(F)F)c1.COCN(c1cc(Cl)cnc1C(=O)c1cccc2[nH]c(=O)oc12)S(=O)(=O)c1ccc(C)c(C(F)(F)F)c1.COCN(c1cc(Cl)cnc1C(O)c1cccc2[nH]c(=O)oc12)S(=O)(=O)c1ccc(C)c(C(F)(F)F)c1.Cc1ccc(S(=O)(=O)Nc2cc(Cl)cnc2C(=O)c2cccc3[nH]c(=O)oc23)cc1C(F)(F)F.Cl.O=Cc1cccc2[nH]c(=O)oc12. The predicted molar refractivity (Wildman–Crippen MR) is 516 cm³/mol. The molecule has 0 bridgehead atoms. The molecule has 0 amide bonds. The summed E-state index contributed by atoms with van der Waals surface area (Å²) in [5.41, 5.74) is -5.33. The van der Waals surface area contributed by atoms with Crippen molar-refractivity contribution in [3.05, 3.63) is 345 Å².